The van der Waals surface area contributed by atoms with Gasteiger partial charge in [-0.2, -0.15) is 5.26 Å². The molecule has 0 aliphatic heterocycles. The Kier molecular flexibility index (Phi) is 5.91. The van der Waals surface area contributed by atoms with Crippen LogP contribution in [0.4, 0.5) is 4.39 Å². The molecule has 0 heterocycles. The van der Waals surface area contributed by atoms with Gasteiger partial charge in [-0.1, -0.05) is 12.1 Å². The van der Waals surface area contributed by atoms with E-state index in [2.05, 4.69) is 4.74 Å². The largest absolute Gasteiger partial charge is 0.468 e. The molecule has 0 saturated heterocycles. The van der Waals surface area contributed by atoms with Crippen LogP contribution >= 0.6 is 0 Å². The Morgan fingerprint density at radius 2 is 2.25 bits per heavy atom. The monoisotopic (exact) mass is 276 g/mol. The highest BCUT2D eigenvalue weighted by Crippen LogP contribution is 2.06. The molecule has 104 valence electrons. The maximum absolute atomic E-state index is 13.0. The SMILES string of the molecule is COC(=O)CN(CC#N)C(=O)C=Cc1cccc(F)c1. The van der Waals surface area contributed by atoms with E-state index in [4.69, 9.17) is 5.26 Å². The smallest absolute Gasteiger partial charge is 0.325 e. The van der Waals surface area contributed by atoms with Crippen molar-refractivity contribution in [2.75, 3.05) is 20.2 Å². The topological polar surface area (TPSA) is 70.4 Å². The van der Waals surface area contributed by atoms with Gasteiger partial charge in [0.15, 0.2) is 0 Å². The van der Waals surface area contributed by atoms with E-state index in [1.165, 1.54) is 37.5 Å². The number of ether oxygens (including phenoxy) is 1. The van der Waals surface area contributed by atoms with Gasteiger partial charge in [0.2, 0.25) is 5.91 Å². The van der Waals surface area contributed by atoms with Crippen LogP contribution in [0, 0.1) is 17.1 Å². The van der Waals surface area contributed by atoms with Crippen molar-refractivity contribution in [3.05, 3.63) is 41.7 Å². The molecule has 0 aliphatic carbocycles. The van der Waals surface area contributed by atoms with Gasteiger partial charge in [0, 0.05) is 6.08 Å². The minimum absolute atomic E-state index is 0.235. The third-order valence-electron chi connectivity index (χ3n) is 2.39. The maximum atomic E-state index is 13.0. The van der Waals surface area contributed by atoms with E-state index in [1.54, 1.807) is 12.1 Å². The summed E-state index contributed by atoms with van der Waals surface area (Å²) in [6.07, 6.45) is 2.59. The average molecular weight is 276 g/mol. The highest BCUT2D eigenvalue weighted by Gasteiger charge is 2.14. The molecule has 20 heavy (non-hydrogen) atoms. The molecule has 0 aromatic heterocycles. The Morgan fingerprint density at radius 3 is 2.85 bits per heavy atom. The number of carbonyl (C=O) groups is 2. The Bertz CT molecular complexity index is 564. The molecule has 0 aliphatic rings. The van der Waals surface area contributed by atoms with Crippen molar-refractivity contribution in [2.45, 2.75) is 0 Å². The van der Waals surface area contributed by atoms with Gasteiger partial charge < -0.3 is 9.64 Å². The van der Waals surface area contributed by atoms with Gasteiger partial charge in [-0.3, -0.25) is 9.59 Å². The summed E-state index contributed by atoms with van der Waals surface area (Å²) in [6, 6.07) is 7.48. The summed E-state index contributed by atoms with van der Waals surface area (Å²) in [5, 5.41) is 8.62. The molecule has 1 rings (SSSR count). The molecule has 0 saturated carbocycles. The van der Waals surface area contributed by atoms with Crippen LogP contribution in [0.15, 0.2) is 30.3 Å². The first-order valence-electron chi connectivity index (χ1n) is 5.73. The number of hydrogen-bond acceptors (Lipinski definition) is 4. The van der Waals surface area contributed by atoms with Gasteiger partial charge in [-0.05, 0) is 23.8 Å². The van der Waals surface area contributed by atoms with Crippen LogP contribution in [0.25, 0.3) is 6.08 Å². The molecule has 6 heteroatoms. The number of hydrogen-bond donors (Lipinski definition) is 0. The molecular weight excluding hydrogens is 263 g/mol. The second kappa shape index (κ2) is 7.69. The van der Waals surface area contributed by atoms with Crippen molar-refractivity contribution in [3.8, 4) is 6.07 Å². The summed E-state index contributed by atoms with van der Waals surface area (Å²) in [4.78, 5) is 24.0. The molecule has 0 spiro atoms. The highest BCUT2D eigenvalue weighted by molar-refractivity contribution is 5.93. The summed E-state index contributed by atoms with van der Waals surface area (Å²) < 4.78 is 17.4. The molecule has 1 amide bonds. The van der Waals surface area contributed by atoms with E-state index < -0.39 is 17.7 Å². The maximum Gasteiger partial charge on any atom is 0.325 e. The lowest BCUT2D eigenvalue weighted by atomic mass is 10.2. The second-order valence-electron chi connectivity index (χ2n) is 3.82. The van der Waals surface area contributed by atoms with Crippen LogP contribution in [0.2, 0.25) is 0 Å². The van der Waals surface area contributed by atoms with Crippen LogP contribution < -0.4 is 0 Å². The number of carbonyl (C=O) groups excluding carboxylic acids is 2. The van der Waals surface area contributed by atoms with Crippen molar-refractivity contribution in [1.82, 2.24) is 4.90 Å². The molecule has 0 atom stereocenters. The minimum atomic E-state index is -0.618. The molecule has 0 fully saturated rings. The quantitative estimate of drug-likeness (QED) is 0.462. The number of nitrogens with zero attached hydrogens (tertiary/aromatic N) is 2. The van der Waals surface area contributed by atoms with Gasteiger partial charge in [-0.25, -0.2) is 4.39 Å². The van der Waals surface area contributed by atoms with Crippen molar-refractivity contribution in [2.24, 2.45) is 0 Å². The lowest BCUT2D eigenvalue weighted by Crippen LogP contribution is -2.35. The summed E-state index contributed by atoms with van der Waals surface area (Å²) >= 11 is 0. The van der Waals surface area contributed by atoms with Gasteiger partial charge in [0.25, 0.3) is 0 Å². The third-order valence-corrected chi connectivity index (χ3v) is 2.39. The van der Waals surface area contributed by atoms with Crippen LogP contribution in [0.5, 0.6) is 0 Å². The van der Waals surface area contributed by atoms with E-state index in [0.717, 1.165) is 4.90 Å². The molecule has 0 unspecified atom stereocenters. The zero-order valence-corrected chi connectivity index (χ0v) is 10.9. The molecule has 0 N–H and O–H groups in total. The van der Waals surface area contributed by atoms with Gasteiger partial charge in [0.1, 0.15) is 18.9 Å². The third kappa shape index (κ3) is 4.90. The minimum Gasteiger partial charge on any atom is -0.468 e. The molecule has 0 bridgehead atoms. The first kappa shape index (κ1) is 15.4. The molecule has 5 nitrogen and oxygen atoms in total. The fourth-order valence-electron chi connectivity index (χ4n) is 1.40. The predicted octanol–water partition coefficient (Wildman–Crippen LogP) is 1.36. The molecule has 1 aromatic carbocycles. The highest BCUT2D eigenvalue weighted by atomic mass is 19.1. The Balaban J connectivity index is 2.75. The number of nitriles is 1. The van der Waals surface area contributed by atoms with E-state index in [9.17, 15) is 14.0 Å². The Labute approximate surface area is 115 Å². The van der Waals surface area contributed by atoms with Crippen LogP contribution in [-0.2, 0) is 14.3 Å². The first-order chi connectivity index (χ1) is 9.56. The normalized spacial score (nSPS) is 10.1. The fraction of sp³-hybridized carbons (Fsp3) is 0.214. The number of esters is 1. The van der Waals surface area contributed by atoms with Crippen molar-refractivity contribution in [3.63, 3.8) is 0 Å². The summed E-state index contributed by atoms with van der Waals surface area (Å²) in [7, 11) is 1.19. The van der Waals surface area contributed by atoms with E-state index in [-0.39, 0.29) is 13.1 Å². The number of amides is 1. The molecule has 0 radical (unpaired) electrons. The van der Waals surface area contributed by atoms with E-state index in [1.807, 2.05) is 0 Å². The molecule has 1 aromatic rings. The zero-order chi connectivity index (χ0) is 15.0. The summed E-state index contributed by atoms with van der Waals surface area (Å²) in [5.41, 5.74) is 0.508. The fourth-order valence-corrected chi connectivity index (χ4v) is 1.40. The van der Waals surface area contributed by atoms with Gasteiger partial charge in [-0.15, -0.1) is 0 Å². The summed E-state index contributed by atoms with van der Waals surface area (Å²) in [6.45, 7) is -0.544. The van der Waals surface area contributed by atoms with Crippen molar-refractivity contribution < 1.29 is 18.7 Å². The number of rotatable bonds is 5. The number of methoxy groups -OCH3 is 1. The number of halogens is 1. The van der Waals surface area contributed by atoms with E-state index in [0.29, 0.717) is 5.56 Å². The predicted molar refractivity (Wildman–Crippen MR) is 69.6 cm³/mol. The van der Waals surface area contributed by atoms with Crippen LogP contribution in [0.3, 0.4) is 0 Å². The summed E-state index contributed by atoms with van der Waals surface area (Å²) in [5.74, 6) is -1.56. The zero-order valence-electron chi connectivity index (χ0n) is 10.9. The van der Waals surface area contributed by atoms with Crippen LogP contribution in [-0.4, -0.2) is 37.0 Å². The second-order valence-corrected chi connectivity index (χ2v) is 3.82. The van der Waals surface area contributed by atoms with Gasteiger partial charge >= 0.3 is 5.97 Å². The average Bonchev–Trinajstić information content (AvgIpc) is 2.44. The van der Waals surface area contributed by atoms with E-state index >= 15 is 0 Å². The number of benzene rings is 1. The lowest BCUT2D eigenvalue weighted by Gasteiger charge is -2.15. The van der Waals surface area contributed by atoms with Crippen molar-refractivity contribution >= 4 is 18.0 Å². The first-order valence-corrected chi connectivity index (χ1v) is 5.73. The standard InChI is InChI=1S/C14H13FN2O3/c1-20-14(19)10-17(8-7-16)13(18)6-5-11-3-2-4-12(15)9-11/h2-6,9H,8,10H2,1H3. The van der Waals surface area contributed by atoms with Crippen molar-refractivity contribution in [1.29, 1.82) is 5.26 Å². The molecular formula is C14H13FN2O3. The Morgan fingerprint density at radius 1 is 1.50 bits per heavy atom. The lowest BCUT2D eigenvalue weighted by molar-refractivity contribution is -0.145. The Hall–Kier alpha value is -2.68. The van der Waals surface area contributed by atoms with Crippen LogP contribution in [0.1, 0.15) is 5.56 Å². The van der Waals surface area contributed by atoms with Gasteiger partial charge in [0.05, 0.1) is 13.2 Å².